The number of thiazole rings is 1. The number of nitrogens with zero attached hydrogens (tertiary/aromatic N) is 1. The molecule has 2 heterocycles. The van der Waals surface area contributed by atoms with Crippen LogP contribution < -0.4 is 11.1 Å². The van der Waals surface area contributed by atoms with Crippen LogP contribution in [0.25, 0.3) is 0 Å². The number of aromatic nitrogens is 1. The van der Waals surface area contributed by atoms with Crippen LogP contribution in [-0.4, -0.2) is 28.4 Å². The summed E-state index contributed by atoms with van der Waals surface area (Å²) in [7, 11) is 0. The van der Waals surface area contributed by atoms with E-state index in [2.05, 4.69) is 10.3 Å². The predicted molar refractivity (Wildman–Crippen MR) is 69.0 cm³/mol. The van der Waals surface area contributed by atoms with E-state index in [-0.39, 0.29) is 5.91 Å². The summed E-state index contributed by atoms with van der Waals surface area (Å²) in [6, 6.07) is 0. The van der Waals surface area contributed by atoms with Crippen LogP contribution in [0.2, 0.25) is 0 Å². The molecule has 88 valence electrons. The smallest absolute Gasteiger partial charge is 0.270 e. The van der Waals surface area contributed by atoms with E-state index in [1.807, 2.05) is 11.8 Å². The van der Waals surface area contributed by atoms with Crippen molar-refractivity contribution in [1.29, 1.82) is 0 Å². The van der Waals surface area contributed by atoms with Gasteiger partial charge in [-0.15, -0.1) is 11.3 Å². The van der Waals surface area contributed by atoms with Gasteiger partial charge in [0.1, 0.15) is 5.69 Å². The molecule has 2 rings (SSSR count). The summed E-state index contributed by atoms with van der Waals surface area (Å²) in [6.07, 6.45) is 3.78. The Morgan fingerprint density at radius 3 is 3.12 bits per heavy atom. The summed E-state index contributed by atoms with van der Waals surface area (Å²) in [4.78, 5) is 15.6. The van der Waals surface area contributed by atoms with Crippen LogP contribution in [-0.2, 0) is 0 Å². The van der Waals surface area contributed by atoms with E-state index in [0.29, 0.717) is 16.1 Å². The van der Waals surface area contributed by atoms with Gasteiger partial charge < -0.3 is 11.1 Å². The second-order valence-electron chi connectivity index (χ2n) is 3.77. The zero-order valence-electron chi connectivity index (χ0n) is 8.94. The molecule has 0 aliphatic carbocycles. The molecule has 6 heteroatoms. The summed E-state index contributed by atoms with van der Waals surface area (Å²) >= 11 is 3.24. The summed E-state index contributed by atoms with van der Waals surface area (Å²) in [6.45, 7) is 0.737. The Labute approximate surface area is 103 Å². The monoisotopic (exact) mass is 257 g/mol. The highest BCUT2D eigenvalue weighted by Crippen LogP contribution is 2.24. The zero-order valence-corrected chi connectivity index (χ0v) is 10.6. The maximum Gasteiger partial charge on any atom is 0.270 e. The number of anilines is 1. The fraction of sp³-hybridized carbons (Fsp3) is 0.600. The van der Waals surface area contributed by atoms with Gasteiger partial charge in [-0.1, -0.05) is 6.42 Å². The molecular formula is C10H15N3OS2. The quantitative estimate of drug-likeness (QED) is 0.865. The maximum atomic E-state index is 11.7. The number of rotatable bonds is 3. The van der Waals surface area contributed by atoms with E-state index < -0.39 is 0 Å². The largest absolute Gasteiger partial charge is 0.375 e. The first-order valence-electron chi connectivity index (χ1n) is 5.36. The molecule has 16 heavy (non-hydrogen) atoms. The molecule has 1 unspecified atom stereocenters. The number of nitrogen functional groups attached to an aromatic ring is 1. The predicted octanol–water partition coefficient (Wildman–Crippen LogP) is 1.74. The fourth-order valence-corrected chi connectivity index (χ4v) is 3.44. The van der Waals surface area contributed by atoms with Crippen LogP contribution in [0, 0.1) is 0 Å². The number of amides is 1. The molecule has 1 aliphatic rings. The lowest BCUT2D eigenvalue weighted by Crippen LogP contribution is -2.32. The minimum Gasteiger partial charge on any atom is -0.375 e. The van der Waals surface area contributed by atoms with Crippen molar-refractivity contribution in [1.82, 2.24) is 10.3 Å². The van der Waals surface area contributed by atoms with Gasteiger partial charge in [0.2, 0.25) is 0 Å². The lowest BCUT2D eigenvalue weighted by atomic mass is 10.2. The number of nitrogens with two attached hydrogens (primary N) is 1. The second-order valence-corrected chi connectivity index (χ2v) is 6.07. The van der Waals surface area contributed by atoms with Crippen LogP contribution in [0.5, 0.6) is 0 Å². The van der Waals surface area contributed by atoms with Gasteiger partial charge >= 0.3 is 0 Å². The number of thioether (sulfide) groups is 1. The van der Waals surface area contributed by atoms with Gasteiger partial charge in [-0.05, 0) is 18.6 Å². The van der Waals surface area contributed by atoms with Crippen molar-refractivity contribution in [3.63, 3.8) is 0 Å². The van der Waals surface area contributed by atoms with Crippen LogP contribution >= 0.6 is 23.1 Å². The van der Waals surface area contributed by atoms with Crippen molar-refractivity contribution in [2.24, 2.45) is 0 Å². The lowest BCUT2D eigenvalue weighted by molar-refractivity contribution is 0.0949. The van der Waals surface area contributed by atoms with Gasteiger partial charge in [0.05, 0.1) is 0 Å². The van der Waals surface area contributed by atoms with Crippen molar-refractivity contribution in [2.75, 3.05) is 18.0 Å². The van der Waals surface area contributed by atoms with E-state index in [4.69, 9.17) is 5.73 Å². The Kier molecular flexibility index (Phi) is 4.06. The zero-order chi connectivity index (χ0) is 11.4. The average molecular weight is 257 g/mol. The molecule has 1 aromatic heterocycles. The minimum absolute atomic E-state index is 0.112. The number of carbonyl (C=O) groups is 1. The number of carbonyl (C=O) groups excluding carboxylic acids is 1. The molecular weight excluding hydrogens is 242 g/mol. The highest BCUT2D eigenvalue weighted by molar-refractivity contribution is 7.99. The highest BCUT2D eigenvalue weighted by Gasteiger charge is 2.16. The maximum absolute atomic E-state index is 11.7. The average Bonchev–Trinajstić information content (AvgIpc) is 2.74. The molecule has 1 amide bonds. The minimum atomic E-state index is -0.112. The van der Waals surface area contributed by atoms with Crippen LogP contribution in [0.3, 0.4) is 0 Å². The van der Waals surface area contributed by atoms with Gasteiger partial charge in [0.25, 0.3) is 5.91 Å². The van der Waals surface area contributed by atoms with E-state index >= 15 is 0 Å². The van der Waals surface area contributed by atoms with E-state index in [1.54, 1.807) is 5.38 Å². The first-order chi connectivity index (χ1) is 7.75. The number of nitrogens with one attached hydrogen (secondary N) is 1. The summed E-state index contributed by atoms with van der Waals surface area (Å²) in [5.41, 5.74) is 5.91. The molecule has 0 bridgehead atoms. The van der Waals surface area contributed by atoms with E-state index in [9.17, 15) is 4.79 Å². The van der Waals surface area contributed by atoms with Crippen molar-refractivity contribution in [3.8, 4) is 0 Å². The van der Waals surface area contributed by atoms with Crippen LogP contribution in [0.1, 0.15) is 29.8 Å². The van der Waals surface area contributed by atoms with Gasteiger partial charge in [0.15, 0.2) is 5.13 Å². The summed E-state index contributed by atoms with van der Waals surface area (Å²) < 4.78 is 0. The third kappa shape index (κ3) is 3.12. The first-order valence-corrected chi connectivity index (χ1v) is 7.29. The SMILES string of the molecule is Nc1nc(C(=O)NCC2CCCCS2)cs1. The standard InChI is InChI=1S/C10H15N3OS2/c11-10-13-8(6-16-10)9(14)12-5-7-3-1-2-4-15-7/h6-7H,1-5H2,(H2,11,13)(H,12,14). The van der Waals surface area contributed by atoms with Crippen molar-refractivity contribution >= 4 is 34.1 Å². The van der Waals surface area contributed by atoms with Gasteiger partial charge in [-0.3, -0.25) is 4.79 Å². The van der Waals surface area contributed by atoms with Crippen LogP contribution in [0.4, 0.5) is 5.13 Å². The molecule has 1 aromatic rings. The number of hydrogen-bond donors (Lipinski definition) is 2. The third-order valence-corrected chi connectivity index (χ3v) is 4.59. The molecule has 1 atom stereocenters. The molecule has 0 saturated carbocycles. The molecule has 1 fully saturated rings. The van der Waals surface area contributed by atoms with E-state index in [1.165, 1.54) is 36.4 Å². The fourth-order valence-electron chi connectivity index (χ4n) is 1.66. The molecule has 1 saturated heterocycles. The Morgan fingerprint density at radius 2 is 2.50 bits per heavy atom. The van der Waals surface area contributed by atoms with Crippen molar-refractivity contribution < 1.29 is 4.79 Å². The number of hydrogen-bond acceptors (Lipinski definition) is 5. The molecule has 3 N–H and O–H groups in total. The lowest BCUT2D eigenvalue weighted by Gasteiger charge is -2.21. The van der Waals surface area contributed by atoms with Crippen LogP contribution in [0.15, 0.2) is 5.38 Å². The Hall–Kier alpha value is -0.750. The molecule has 0 aromatic carbocycles. The van der Waals surface area contributed by atoms with E-state index in [0.717, 1.165) is 6.54 Å². The first kappa shape index (κ1) is 11.7. The topological polar surface area (TPSA) is 68.0 Å². The van der Waals surface area contributed by atoms with Gasteiger partial charge in [-0.2, -0.15) is 11.8 Å². The van der Waals surface area contributed by atoms with Gasteiger partial charge in [-0.25, -0.2) is 4.98 Å². The summed E-state index contributed by atoms with van der Waals surface area (Å²) in [5, 5.41) is 5.61. The Bertz CT molecular complexity index is 361. The van der Waals surface area contributed by atoms with Crippen molar-refractivity contribution in [3.05, 3.63) is 11.1 Å². The molecule has 0 spiro atoms. The molecule has 4 nitrogen and oxygen atoms in total. The molecule has 1 aliphatic heterocycles. The third-order valence-electron chi connectivity index (χ3n) is 2.52. The Balaban J connectivity index is 1.79. The highest BCUT2D eigenvalue weighted by atomic mass is 32.2. The second kappa shape index (κ2) is 5.54. The van der Waals surface area contributed by atoms with Crippen molar-refractivity contribution in [2.45, 2.75) is 24.5 Å². The summed E-state index contributed by atoms with van der Waals surface area (Å²) in [5.74, 6) is 1.10. The van der Waals surface area contributed by atoms with Gasteiger partial charge in [0, 0.05) is 17.2 Å². The molecule has 0 radical (unpaired) electrons. The normalized spacial score (nSPS) is 20.6. The Morgan fingerprint density at radius 1 is 1.62 bits per heavy atom.